The van der Waals surface area contributed by atoms with E-state index in [0.717, 1.165) is 0 Å². The molecule has 104 valence electrons. The van der Waals surface area contributed by atoms with Gasteiger partial charge in [0.2, 0.25) is 5.43 Å². The maximum atomic E-state index is 12.9. The molecule has 1 heterocycles. The molecule has 6 heteroatoms. The van der Waals surface area contributed by atoms with Crippen molar-refractivity contribution in [3.05, 3.63) is 58.3 Å². The van der Waals surface area contributed by atoms with E-state index >= 15 is 0 Å². The van der Waals surface area contributed by atoms with Gasteiger partial charge in [0.05, 0.1) is 5.69 Å². The van der Waals surface area contributed by atoms with Crippen molar-refractivity contribution in [3.63, 3.8) is 0 Å². The SMILES string of the molecule is CC(C)NC(=O)c1nn(-c2ccc(F)cc2)ccc1=O. The monoisotopic (exact) mass is 275 g/mol. The maximum absolute atomic E-state index is 12.9. The minimum absolute atomic E-state index is 0.0943. The number of nitrogens with one attached hydrogen (secondary N) is 1. The number of rotatable bonds is 3. The van der Waals surface area contributed by atoms with Gasteiger partial charge < -0.3 is 5.32 Å². The van der Waals surface area contributed by atoms with Crippen molar-refractivity contribution in [2.45, 2.75) is 19.9 Å². The molecule has 0 fully saturated rings. The second kappa shape index (κ2) is 5.64. The Morgan fingerprint density at radius 2 is 1.90 bits per heavy atom. The molecule has 1 amide bonds. The lowest BCUT2D eigenvalue weighted by molar-refractivity contribution is 0.0935. The molecule has 1 aromatic carbocycles. The van der Waals surface area contributed by atoms with Gasteiger partial charge in [-0.05, 0) is 38.1 Å². The number of aromatic nitrogens is 2. The summed E-state index contributed by atoms with van der Waals surface area (Å²) in [5, 5.41) is 6.61. The first-order chi connectivity index (χ1) is 9.47. The topological polar surface area (TPSA) is 64.0 Å². The van der Waals surface area contributed by atoms with Gasteiger partial charge in [0.1, 0.15) is 5.82 Å². The van der Waals surface area contributed by atoms with E-state index in [2.05, 4.69) is 10.4 Å². The fourth-order valence-electron chi connectivity index (χ4n) is 1.63. The van der Waals surface area contributed by atoms with Gasteiger partial charge in [-0.25, -0.2) is 9.07 Å². The first kappa shape index (κ1) is 13.9. The number of nitrogens with zero attached hydrogens (tertiary/aromatic N) is 2. The number of carbonyl (C=O) groups is 1. The summed E-state index contributed by atoms with van der Waals surface area (Å²) in [6, 6.07) is 6.74. The van der Waals surface area contributed by atoms with Crippen LogP contribution >= 0.6 is 0 Å². The van der Waals surface area contributed by atoms with Crippen LogP contribution in [-0.4, -0.2) is 21.7 Å². The summed E-state index contributed by atoms with van der Waals surface area (Å²) in [6.07, 6.45) is 1.43. The van der Waals surface area contributed by atoms with E-state index in [1.165, 1.54) is 41.2 Å². The Balaban J connectivity index is 2.40. The Labute approximate surface area is 115 Å². The van der Waals surface area contributed by atoms with Gasteiger partial charge in [-0.3, -0.25) is 9.59 Å². The molecule has 2 aromatic rings. The van der Waals surface area contributed by atoms with Crippen molar-refractivity contribution in [2.24, 2.45) is 0 Å². The third kappa shape index (κ3) is 3.09. The third-order valence-electron chi connectivity index (χ3n) is 2.53. The minimum Gasteiger partial charge on any atom is -0.348 e. The quantitative estimate of drug-likeness (QED) is 0.923. The average molecular weight is 275 g/mol. The summed E-state index contributed by atoms with van der Waals surface area (Å²) in [5.74, 6) is -0.894. The van der Waals surface area contributed by atoms with Crippen LogP contribution < -0.4 is 10.7 Å². The molecule has 5 nitrogen and oxygen atoms in total. The Morgan fingerprint density at radius 3 is 2.50 bits per heavy atom. The lowest BCUT2D eigenvalue weighted by Gasteiger charge is -2.09. The average Bonchev–Trinajstić information content (AvgIpc) is 2.39. The van der Waals surface area contributed by atoms with Crippen molar-refractivity contribution in [1.82, 2.24) is 15.1 Å². The van der Waals surface area contributed by atoms with Crippen molar-refractivity contribution < 1.29 is 9.18 Å². The predicted molar refractivity (Wildman–Crippen MR) is 72.4 cm³/mol. The van der Waals surface area contributed by atoms with Gasteiger partial charge in [-0.1, -0.05) is 0 Å². The van der Waals surface area contributed by atoms with Gasteiger partial charge in [-0.15, -0.1) is 0 Å². The van der Waals surface area contributed by atoms with Crippen LogP contribution in [0.15, 0.2) is 41.3 Å². The molecule has 0 spiro atoms. The molecule has 1 N–H and O–H groups in total. The summed E-state index contributed by atoms with van der Waals surface area (Å²) < 4.78 is 14.2. The fraction of sp³-hybridized carbons (Fsp3) is 0.214. The van der Waals surface area contributed by atoms with Crippen molar-refractivity contribution in [3.8, 4) is 5.69 Å². The maximum Gasteiger partial charge on any atom is 0.276 e. The molecule has 0 aliphatic carbocycles. The lowest BCUT2D eigenvalue weighted by atomic mass is 10.3. The van der Waals surface area contributed by atoms with Gasteiger partial charge >= 0.3 is 0 Å². The largest absolute Gasteiger partial charge is 0.348 e. The minimum atomic E-state index is -0.526. The predicted octanol–water partition coefficient (Wildman–Crippen LogP) is 1.51. The van der Waals surface area contributed by atoms with Crippen LogP contribution in [0, 0.1) is 5.82 Å². The highest BCUT2D eigenvalue weighted by Gasteiger charge is 2.14. The van der Waals surface area contributed by atoms with E-state index in [4.69, 9.17) is 0 Å². The molecule has 0 atom stereocenters. The van der Waals surface area contributed by atoms with E-state index in [9.17, 15) is 14.0 Å². The van der Waals surface area contributed by atoms with Crippen LogP contribution in [0.25, 0.3) is 5.69 Å². The highest BCUT2D eigenvalue weighted by Crippen LogP contribution is 2.06. The second-order valence-electron chi connectivity index (χ2n) is 4.58. The Bertz CT molecular complexity index is 678. The first-order valence-corrected chi connectivity index (χ1v) is 6.14. The summed E-state index contributed by atoms with van der Waals surface area (Å²) in [6.45, 7) is 3.58. The summed E-state index contributed by atoms with van der Waals surface area (Å²) in [5.41, 5.74) is -0.0861. The molecule has 0 saturated carbocycles. The molecular weight excluding hydrogens is 261 g/mol. The number of benzene rings is 1. The molecular formula is C14H14FN3O2. The van der Waals surface area contributed by atoms with Crippen LogP contribution in [0.3, 0.4) is 0 Å². The third-order valence-corrected chi connectivity index (χ3v) is 2.53. The number of amides is 1. The van der Waals surface area contributed by atoms with Crippen LogP contribution in [0.5, 0.6) is 0 Å². The molecule has 2 rings (SSSR count). The summed E-state index contributed by atoms with van der Waals surface area (Å²) >= 11 is 0. The van der Waals surface area contributed by atoms with E-state index in [1.54, 1.807) is 13.8 Å². The molecule has 0 radical (unpaired) electrons. The molecule has 0 bridgehead atoms. The number of halogens is 1. The molecule has 0 saturated heterocycles. The highest BCUT2D eigenvalue weighted by molar-refractivity contribution is 5.92. The number of hydrogen-bond acceptors (Lipinski definition) is 3. The van der Waals surface area contributed by atoms with Crippen molar-refractivity contribution in [1.29, 1.82) is 0 Å². The Morgan fingerprint density at radius 1 is 1.25 bits per heavy atom. The zero-order chi connectivity index (χ0) is 14.7. The van der Waals surface area contributed by atoms with Gasteiger partial charge in [0, 0.05) is 18.3 Å². The lowest BCUT2D eigenvalue weighted by Crippen LogP contribution is -2.35. The molecule has 1 aromatic heterocycles. The summed E-state index contributed by atoms with van der Waals surface area (Å²) in [7, 11) is 0. The fourth-order valence-corrected chi connectivity index (χ4v) is 1.63. The molecule has 0 aliphatic heterocycles. The second-order valence-corrected chi connectivity index (χ2v) is 4.58. The first-order valence-electron chi connectivity index (χ1n) is 6.14. The smallest absolute Gasteiger partial charge is 0.276 e. The zero-order valence-corrected chi connectivity index (χ0v) is 11.1. The Kier molecular flexibility index (Phi) is 3.93. The molecule has 20 heavy (non-hydrogen) atoms. The zero-order valence-electron chi connectivity index (χ0n) is 11.1. The van der Waals surface area contributed by atoms with Crippen LogP contribution in [-0.2, 0) is 0 Å². The standard InChI is InChI=1S/C14H14FN3O2/c1-9(2)16-14(20)13-12(19)7-8-18(17-13)11-5-3-10(15)4-6-11/h3-9H,1-2H3,(H,16,20). The highest BCUT2D eigenvalue weighted by atomic mass is 19.1. The van der Waals surface area contributed by atoms with Crippen molar-refractivity contribution in [2.75, 3.05) is 0 Å². The van der Waals surface area contributed by atoms with Crippen LogP contribution in [0.4, 0.5) is 4.39 Å². The van der Waals surface area contributed by atoms with Crippen LogP contribution in [0.1, 0.15) is 24.3 Å². The van der Waals surface area contributed by atoms with Crippen molar-refractivity contribution >= 4 is 5.91 Å². The normalized spacial score (nSPS) is 10.6. The molecule has 0 aliphatic rings. The number of hydrogen-bond donors (Lipinski definition) is 1. The van der Waals surface area contributed by atoms with E-state index < -0.39 is 11.3 Å². The van der Waals surface area contributed by atoms with Crippen LogP contribution in [0.2, 0.25) is 0 Å². The van der Waals surface area contributed by atoms with Gasteiger partial charge in [0.15, 0.2) is 5.69 Å². The molecule has 0 unspecified atom stereocenters. The summed E-state index contributed by atoms with van der Waals surface area (Å²) in [4.78, 5) is 23.5. The van der Waals surface area contributed by atoms with Gasteiger partial charge in [-0.2, -0.15) is 5.10 Å². The van der Waals surface area contributed by atoms with E-state index in [1.807, 2.05) is 0 Å². The van der Waals surface area contributed by atoms with Gasteiger partial charge in [0.25, 0.3) is 5.91 Å². The number of carbonyl (C=O) groups excluding carboxylic acids is 1. The Hall–Kier alpha value is -2.50. The van der Waals surface area contributed by atoms with E-state index in [0.29, 0.717) is 5.69 Å². The van der Waals surface area contributed by atoms with E-state index in [-0.39, 0.29) is 17.6 Å².